The van der Waals surface area contributed by atoms with Crippen LogP contribution in [0.5, 0.6) is 0 Å². The van der Waals surface area contributed by atoms with Crippen LogP contribution in [-0.4, -0.2) is 37.1 Å². The van der Waals surface area contributed by atoms with E-state index in [4.69, 9.17) is 11.5 Å². The first-order valence-corrected chi connectivity index (χ1v) is 5.27. The Hall–Kier alpha value is -1.53. The first kappa shape index (κ1) is 13.5. The molecule has 0 unspecified atom stereocenters. The molecule has 94 valence electrons. The predicted molar refractivity (Wildman–Crippen MR) is 72.0 cm³/mol. The SMILES string of the molecule is Cl.NC(N)=Nc1ccc(N2CCNCC2)cn1. The largest absolute Gasteiger partial charge is 0.370 e. The summed E-state index contributed by atoms with van der Waals surface area (Å²) in [4.78, 5) is 10.3. The first-order chi connectivity index (χ1) is 7.75. The highest BCUT2D eigenvalue weighted by atomic mass is 35.5. The van der Waals surface area contributed by atoms with Gasteiger partial charge in [0.1, 0.15) is 0 Å². The zero-order valence-electron chi connectivity index (χ0n) is 9.47. The molecule has 0 aliphatic carbocycles. The quantitative estimate of drug-likeness (QED) is 0.504. The fourth-order valence-corrected chi connectivity index (χ4v) is 1.69. The van der Waals surface area contributed by atoms with Gasteiger partial charge in [-0.25, -0.2) is 4.98 Å². The standard InChI is InChI=1S/C10H16N6.ClH/c11-10(12)15-9-2-1-8(7-14-9)16-5-3-13-4-6-16;/h1-2,7,13H,3-6H2,(H4,11,12,14,15);1H. The molecule has 1 saturated heterocycles. The lowest BCUT2D eigenvalue weighted by atomic mass is 10.3. The van der Waals surface area contributed by atoms with E-state index in [1.54, 1.807) is 6.20 Å². The highest BCUT2D eigenvalue weighted by molar-refractivity contribution is 5.85. The van der Waals surface area contributed by atoms with Crippen molar-refractivity contribution in [3.63, 3.8) is 0 Å². The number of aliphatic imine (C=N–C) groups is 1. The maximum Gasteiger partial charge on any atom is 0.192 e. The van der Waals surface area contributed by atoms with Gasteiger partial charge in [-0.1, -0.05) is 0 Å². The molecule has 0 atom stereocenters. The van der Waals surface area contributed by atoms with Crippen molar-refractivity contribution in [2.45, 2.75) is 0 Å². The van der Waals surface area contributed by atoms with Gasteiger partial charge in [0.15, 0.2) is 11.8 Å². The van der Waals surface area contributed by atoms with E-state index in [1.165, 1.54) is 0 Å². The van der Waals surface area contributed by atoms with E-state index in [0.717, 1.165) is 31.9 Å². The van der Waals surface area contributed by atoms with Crippen molar-refractivity contribution in [2.24, 2.45) is 16.5 Å². The number of nitrogens with zero attached hydrogens (tertiary/aromatic N) is 3. The molecule has 1 fully saturated rings. The number of aromatic nitrogens is 1. The monoisotopic (exact) mass is 256 g/mol. The number of rotatable bonds is 2. The maximum atomic E-state index is 5.27. The number of pyridine rings is 1. The second-order valence-corrected chi connectivity index (χ2v) is 3.65. The van der Waals surface area contributed by atoms with Crippen molar-refractivity contribution < 1.29 is 0 Å². The van der Waals surface area contributed by atoms with E-state index in [9.17, 15) is 0 Å². The van der Waals surface area contributed by atoms with Crippen LogP contribution in [0.1, 0.15) is 0 Å². The van der Waals surface area contributed by atoms with Crippen LogP contribution in [0.15, 0.2) is 23.3 Å². The molecule has 2 rings (SSSR count). The van der Waals surface area contributed by atoms with E-state index in [1.807, 2.05) is 12.1 Å². The third-order valence-electron chi connectivity index (χ3n) is 2.46. The molecular formula is C10H17ClN6. The Balaban J connectivity index is 0.00000144. The minimum atomic E-state index is 0. The van der Waals surface area contributed by atoms with Gasteiger partial charge in [-0.15, -0.1) is 12.4 Å². The van der Waals surface area contributed by atoms with Crippen LogP contribution in [-0.2, 0) is 0 Å². The maximum absolute atomic E-state index is 5.27. The molecule has 0 amide bonds. The summed E-state index contributed by atoms with van der Waals surface area (Å²) < 4.78 is 0. The molecular weight excluding hydrogens is 240 g/mol. The number of nitrogens with two attached hydrogens (primary N) is 2. The Morgan fingerprint density at radius 1 is 1.29 bits per heavy atom. The van der Waals surface area contributed by atoms with E-state index in [0.29, 0.717) is 5.82 Å². The van der Waals surface area contributed by atoms with Crippen molar-refractivity contribution in [2.75, 3.05) is 31.1 Å². The number of hydrogen-bond donors (Lipinski definition) is 3. The Kier molecular flexibility index (Phi) is 4.99. The van der Waals surface area contributed by atoms with E-state index < -0.39 is 0 Å². The summed E-state index contributed by atoms with van der Waals surface area (Å²) >= 11 is 0. The van der Waals surface area contributed by atoms with Crippen LogP contribution in [0.3, 0.4) is 0 Å². The summed E-state index contributed by atoms with van der Waals surface area (Å²) in [6.45, 7) is 4.03. The summed E-state index contributed by atoms with van der Waals surface area (Å²) in [6, 6.07) is 3.80. The minimum absolute atomic E-state index is 0. The summed E-state index contributed by atoms with van der Waals surface area (Å²) in [5, 5.41) is 3.30. The third kappa shape index (κ3) is 3.76. The Morgan fingerprint density at radius 3 is 2.53 bits per heavy atom. The molecule has 1 aliphatic rings. The molecule has 1 aromatic heterocycles. The predicted octanol–water partition coefficient (Wildman–Crippen LogP) is -0.182. The van der Waals surface area contributed by atoms with Gasteiger partial charge >= 0.3 is 0 Å². The molecule has 1 aliphatic heterocycles. The molecule has 0 spiro atoms. The highest BCUT2D eigenvalue weighted by Crippen LogP contribution is 2.16. The molecule has 0 saturated carbocycles. The van der Waals surface area contributed by atoms with Gasteiger partial charge in [0.25, 0.3) is 0 Å². The molecule has 0 radical (unpaired) electrons. The second-order valence-electron chi connectivity index (χ2n) is 3.65. The van der Waals surface area contributed by atoms with Crippen LogP contribution in [0.25, 0.3) is 0 Å². The molecule has 5 N–H and O–H groups in total. The van der Waals surface area contributed by atoms with Gasteiger partial charge in [-0.3, -0.25) is 0 Å². The Bertz CT molecular complexity index is 367. The molecule has 7 heteroatoms. The molecule has 2 heterocycles. The summed E-state index contributed by atoms with van der Waals surface area (Å²) in [5.74, 6) is 0.571. The van der Waals surface area contributed by atoms with Gasteiger partial charge < -0.3 is 21.7 Å². The summed E-state index contributed by atoms with van der Waals surface area (Å²) in [6.07, 6.45) is 1.80. The van der Waals surface area contributed by atoms with Crippen molar-refractivity contribution in [1.29, 1.82) is 0 Å². The topological polar surface area (TPSA) is 92.6 Å². The Morgan fingerprint density at radius 2 is 2.00 bits per heavy atom. The third-order valence-corrected chi connectivity index (χ3v) is 2.46. The van der Waals surface area contributed by atoms with Gasteiger partial charge in [0.2, 0.25) is 0 Å². The van der Waals surface area contributed by atoms with E-state index >= 15 is 0 Å². The van der Waals surface area contributed by atoms with Crippen LogP contribution < -0.4 is 21.7 Å². The van der Waals surface area contributed by atoms with Crippen molar-refractivity contribution in [3.05, 3.63) is 18.3 Å². The lowest BCUT2D eigenvalue weighted by Gasteiger charge is -2.29. The molecule has 0 aromatic carbocycles. The van der Waals surface area contributed by atoms with Crippen LogP contribution in [0, 0.1) is 0 Å². The zero-order valence-corrected chi connectivity index (χ0v) is 10.3. The lowest BCUT2D eigenvalue weighted by Crippen LogP contribution is -2.43. The molecule has 0 bridgehead atoms. The number of hydrogen-bond acceptors (Lipinski definition) is 4. The van der Waals surface area contributed by atoms with Gasteiger partial charge in [-0.05, 0) is 12.1 Å². The van der Waals surface area contributed by atoms with Crippen LogP contribution in [0.4, 0.5) is 11.5 Å². The average molecular weight is 257 g/mol. The fourth-order valence-electron chi connectivity index (χ4n) is 1.69. The van der Waals surface area contributed by atoms with Gasteiger partial charge in [-0.2, -0.15) is 4.99 Å². The normalized spacial score (nSPS) is 14.9. The van der Waals surface area contributed by atoms with E-state index in [-0.39, 0.29) is 18.4 Å². The van der Waals surface area contributed by atoms with Gasteiger partial charge in [0.05, 0.1) is 11.9 Å². The number of halogens is 1. The number of nitrogens with one attached hydrogen (secondary N) is 1. The lowest BCUT2D eigenvalue weighted by molar-refractivity contribution is 0.589. The van der Waals surface area contributed by atoms with Crippen LogP contribution in [0.2, 0.25) is 0 Å². The zero-order chi connectivity index (χ0) is 11.4. The Labute approximate surface area is 107 Å². The van der Waals surface area contributed by atoms with Crippen LogP contribution >= 0.6 is 12.4 Å². The van der Waals surface area contributed by atoms with Crippen molar-refractivity contribution in [3.8, 4) is 0 Å². The fraction of sp³-hybridized carbons (Fsp3) is 0.400. The summed E-state index contributed by atoms with van der Waals surface area (Å²) in [7, 11) is 0. The molecule has 1 aromatic rings. The number of anilines is 1. The first-order valence-electron chi connectivity index (χ1n) is 5.27. The minimum Gasteiger partial charge on any atom is -0.370 e. The number of piperazine rings is 1. The number of guanidine groups is 1. The van der Waals surface area contributed by atoms with Gasteiger partial charge in [0, 0.05) is 26.2 Å². The summed E-state index contributed by atoms with van der Waals surface area (Å²) in [5.41, 5.74) is 11.7. The smallest absolute Gasteiger partial charge is 0.192 e. The van der Waals surface area contributed by atoms with E-state index in [2.05, 4.69) is 20.2 Å². The second kappa shape index (κ2) is 6.27. The average Bonchev–Trinajstić information content (AvgIpc) is 2.30. The molecule has 6 nitrogen and oxygen atoms in total. The molecule has 17 heavy (non-hydrogen) atoms. The highest BCUT2D eigenvalue weighted by Gasteiger charge is 2.10. The van der Waals surface area contributed by atoms with Crippen molar-refractivity contribution >= 4 is 29.9 Å². The van der Waals surface area contributed by atoms with Crippen molar-refractivity contribution in [1.82, 2.24) is 10.3 Å².